The molecule has 1 atom stereocenters. The molecule has 29 heavy (non-hydrogen) atoms. The SMILES string of the molecule is OC(CN1CCC2(CC1)OCCO2)c1cc(Br)ccc1OCc1ccc(Cl)cc1. The molecule has 7 heteroatoms. The van der Waals surface area contributed by atoms with Crippen LogP contribution in [0.25, 0.3) is 0 Å². The van der Waals surface area contributed by atoms with Crippen LogP contribution in [0.2, 0.25) is 5.02 Å². The van der Waals surface area contributed by atoms with E-state index < -0.39 is 11.9 Å². The van der Waals surface area contributed by atoms with Gasteiger partial charge in [0.05, 0.1) is 19.3 Å². The highest BCUT2D eigenvalue weighted by molar-refractivity contribution is 9.10. The zero-order valence-corrected chi connectivity index (χ0v) is 18.5. The normalized spacial score (nSPS) is 20.1. The van der Waals surface area contributed by atoms with Crippen molar-refractivity contribution < 1.29 is 19.3 Å². The second-order valence-corrected chi connectivity index (χ2v) is 8.87. The standard InChI is InChI=1S/C22H25BrClNO4/c23-17-3-6-21(27-15-16-1-4-18(24)5-2-16)19(13-17)20(26)14-25-9-7-22(8-10-25)28-11-12-29-22/h1-6,13,20,26H,7-12,14-15H2. The van der Waals surface area contributed by atoms with Gasteiger partial charge in [-0.15, -0.1) is 0 Å². The predicted octanol–water partition coefficient (Wildman–Crippen LogP) is 4.55. The van der Waals surface area contributed by atoms with Crippen LogP contribution in [0.4, 0.5) is 0 Å². The van der Waals surface area contributed by atoms with Gasteiger partial charge < -0.3 is 24.2 Å². The molecule has 0 saturated carbocycles. The Morgan fingerprint density at radius 2 is 1.79 bits per heavy atom. The van der Waals surface area contributed by atoms with Gasteiger partial charge in [0.15, 0.2) is 5.79 Å². The first-order valence-corrected chi connectivity index (χ1v) is 11.1. The molecule has 2 saturated heterocycles. The topological polar surface area (TPSA) is 51.2 Å². The molecule has 5 nitrogen and oxygen atoms in total. The van der Waals surface area contributed by atoms with Crippen LogP contribution in [0.15, 0.2) is 46.9 Å². The van der Waals surface area contributed by atoms with Crippen molar-refractivity contribution in [2.75, 3.05) is 32.8 Å². The van der Waals surface area contributed by atoms with Crippen molar-refractivity contribution >= 4 is 27.5 Å². The van der Waals surface area contributed by atoms with Crippen molar-refractivity contribution in [2.24, 2.45) is 0 Å². The largest absolute Gasteiger partial charge is 0.489 e. The fraction of sp³-hybridized carbons (Fsp3) is 0.455. The summed E-state index contributed by atoms with van der Waals surface area (Å²) in [6.45, 7) is 3.99. The molecule has 4 rings (SSSR count). The highest BCUT2D eigenvalue weighted by Gasteiger charge is 2.40. The molecule has 1 unspecified atom stereocenters. The van der Waals surface area contributed by atoms with Crippen LogP contribution >= 0.6 is 27.5 Å². The zero-order valence-electron chi connectivity index (χ0n) is 16.2. The van der Waals surface area contributed by atoms with Gasteiger partial charge in [-0.1, -0.05) is 39.7 Å². The highest BCUT2D eigenvalue weighted by atomic mass is 79.9. The van der Waals surface area contributed by atoms with Crippen LogP contribution in [0.3, 0.4) is 0 Å². The van der Waals surface area contributed by atoms with E-state index in [4.69, 9.17) is 25.8 Å². The second kappa shape index (κ2) is 9.33. The Labute approximate surface area is 184 Å². The predicted molar refractivity (Wildman–Crippen MR) is 115 cm³/mol. The van der Waals surface area contributed by atoms with Gasteiger partial charge in [-0.25, -0.2) is 0 Å². The molecule has 2 aliphatic rings. The van der Waals surface area contributed by atoms with Gasteiger partial charge in [-0.3, -0.25) is 0 Å². The lowest BCUT2D eigenvalue weighted by atomic mass is 10.0. The van der Waals surface area contributed by atoms with E-state index in [9.17, 15) is 5.11 Å². The number of β-amino-alcohol motifs (C(OH)–C–C–N with tert-alkyl or cyclic N) is 1. The summed E-state index contributed by atoms with van der Waals surface area (Å²) in [5, 5.41) is 11.6. The number of ether oxygens (including phenoxy) is 3. The Bertz CT molecular complexity index is 816. The number of rotatable bonds is 6. The summed E-state index contributed by atoms with van der Waals surface area (Å²) < 4.78 is 18.5. The average Bonchev–Trinajstić information content (AvgIpc) is 3.18. The second-order valence-electron chi connectivity index (χ2n) is 7.52. The van der Waals surface area contributed by atoms with E-state index in [0.717, 1.165) is 41.5 Å². The maximum absolute atomic E-state index is 10.9. The molecule has 2 aromatic carbocycles. The first kappa shape index (κ1) is 21.1. The molecular weight excluding hydrogens is 458 g/mol. The number of likely N-dealkylation sites (tertiary alicyclic amines) is 1. The minimum atomic E-state index is -0.646. The molecule has 0 radical (unpaired) electrons. The van der Waals surface area contributed by atoms with Crippen molar-refractivity contribution in [1.82, 2.24) is 4.90 Å². The lowest BCUT2D eigenvalue weighted by Gasteiger charge is -2.38. The van der Waals surface area contributed by atoms with Gasteiger partial charge in [0.1, 0.15) is 12.4 Å². The molecule has 2 aliphatic heterocycles. The Hall–Kier alpha value is -1.15. The quantitative estimate of drug-likeness (QED) is 0.654. The third kappa shape index (κ3) is 5.32. The molecule has 1 N–H and O–H groups in total. The summed E-state index contributed by atoms with van der Waals surface area (Å²) in [4.78, 5) is 2.25. The monoisotopic (exact) mass is 481 g/mol. The maximum Gasteiger partial charge on any atom is 0.170 e. The molecule has 2 heterocycles. The summed E-state index contributed by atoms with van der Waals surface area (Å²) in [6.07, 6.45) is 1.02. The molecule has 156 valence electrons. The Morgan fingerprint density at radius 1 is 1.10 bits per heavy atom. The lowest BCUT2D eigenvalue weighted by Crippen LogP contribution is -2.46. The highest BCUT2D eigenvalue weighted by Crippen LogP contribution is 2.34. The molecule has 2 aromatic rings. The number of hydrogen-bond acceptors (Lipinski definition) is 5. The van der Waals surface area contributed by atoms with Crippen LogP contribution < -0.4 is 4.74 Å². The molecule has 0 aliphatic carbocycles. The first-order chi connectivity index (χ1) is 14.0. The smallest absolute Gasteiger partial charge is 0.170 e. The summed E-state index contributed by atoms with van der Waals surface area (Å²) >= 11 is 9.45. The van der Waals surface area contributed by atoms with E-state index in [1.165, 1.54) is 0 Å². The van der Waals surface area contributed by atoms with Crippen molar-refractivity contribution in [3.63, 3.8) is 0 Å². The van der Waals surface area contributed by atoms with Crippen molar-refractivity contribution in [1.29, 1.82) is 0 Å². The summed E-state index contributed by atoms with van der Waals surface area (Å²) in [5.74, 6) is 0.288. The van der Waals surface area contributed by atoms with Crippen molar-refractivity contribution in [2.45, 2.75) is 31.3 Å². The molecular formula is C22H25BrClNO4. The van der Waals surface area contributed by atoms with Gasteiger partial charge >= 0.3 is 0 Å². The number of aliphatic hydroxyl groups excluding tert-OH is 1. The number of halogens is 2. The van der Waals surface area contributed by atoms with Crippen LogP contribution in [0.5, 0.6) is 5.75 Å². The molecule has 1 spiro atoms. The molecule has 0 aromatic heterocycles. The number of nitrogens with zero attached hydrogens (tertiary/aromatic N) is 1. The molecule has 2 fully saturated rings. The number of benzene rings is 2. The van der Waals surface area contributed by atoms with E-state index >= 15 is 0 Å². The first-order valence-electron chi connectivity index (χ1n) is 9.88. The van der Waals surface area contributed by atoms with E-state index in [1.807, 2.05) is 42.5 Å². The van der Waals surface area contributed by atoms with E-state index in [-0.39, 0.29) is 0 Å². The zero-order chi connectivity index (χ0) is 20.3. The van der Waals surface area contributed by atoms with Crippen molar-refractivity contribution in [3.8, 4) is 5.75 Å². The van der Waals surface area contributed by atoms with Gasteiger partial charge in [-0.2, -0.15) is 0 Å². The number of aliphatic hydroxyl groups is 1. The maximum atomic E-state index is 10.9. The van der Waals surface area contributed by atoms with E-state index in [0.29, 0.717) is 37.1 Å². The van der Waals surface area contributed by atoms with Crippen LogP contribution in [-0.4, -0.2) is 48.6 Å². The summed E-state index contributed by atoms with van der Waals surface area (Å²) in [5.41, 5.74) is 1.80. The van der Waals surface area contributed by atoms with E-state index in [2.05, 4.69) is 20.8 Å². The minimum absolute atomic E-state index is 0.399. The van der Waals surface area contributed by atoms with E-state index in [1.54, 1.807) is 0 Å². The van der Waals surface area contributed by atoms with Crippen molar-refractivity contribution in [3.05, 3.63) is 63.1 Å². The fourth-order valence-electron chi connectivity index (χ4n) is 3.86. The fourth-order valence-corrected chi connectivity index (χ4v) is 4.36. The van der Waals surface area contributed by atoms with Gasteiger partial charge in [0, 0.05) is 47.5 Å². The molecule has 0 amide bonds. The van der Waals surface area contributed by atoms with Crippen LogP contribution in [-0.2, 0) is 16.1 Å². The Balaban J connectivity index is 1.39. The average molecular weight is 483 g/mol. The summed E-state index contributed by atoms with van der Waals surface area (Å²) in [6, 6.07) is 13.3. The van der Waals surface area contributed by atoms with Gasteiger partial charge in [-0.05, 0) is 35.9 Å². The Kier molecular flexibility index (Phi) is 6.79. The van der Waals surface area contributed by atoms with Crippen LogP contribution in [0.1, 0.15) is 30.1 Å². The lowest BCUT2D eigenvalue weighted by molar-refractivity contribution is -0.186. The third-order valence-corrected chi connectivity index (χ3v) is 6.25. The van der Waals surface area contributed by atoms with Gasteiger partial charge in [0.25, 0.3) is 0 Å². The third-order valence-electron chi connectivity index (χ3n) is 5.50. The Morgan fingerprint density at radius 3 is 2.48 bits per heavy atom. The summed E-state index contributed by atoms with van der Waals surface area (Å²) in [7, 11) is 0. The van der Waals surface area contributed by atoms with Gasteiger partial charge in [0.2, 0.25) is 0 Å². The minimum Gasteiger partial charge on any atom is -0.489 e. The van der Waals surface area contributed by atoms with Crippen LogP contribution in [0, 0.1) is 0 Å². The number of hydrogen-bond donors (Lipinski definition) is 1. The molecule has 0 bridgehead atoms. The number of piperidine rings is 1.